The summed E-state index contributed by atoms with van der Waals surface area (Å²) in [6, 6.07) is 4.46. The molecule has 1 unspecified atom stereocenters. The number of aliphatic hydroxyl groups is 1. The maximum atomic E-state index is 13.0. The number of hydrogen-bond donors (Lipinski definition) is 1. The van der Waals surface area contributed by atoms with Crippen molar-refractivity contribution in [1.29, 1.82) is 0 Å². The van der Waals surface area contributed by atoms with Crippen LogP contribution in [0.3, 0.4) is 0 Å². The zero-order chi connectivity index (χ0) is 13.5. The molecule has 0 saturated heterocycles. The highest BCUT2D eigenvalue weighted by molar-refractivity contribution is 9.10. The smallest absolute Gasteiger partial charge is 0.261 e. The van der Waals surface area contributed by atoms with Crippen molar-refractivity contribution >= 4 is 15.9 Å². The monoisotopic (exact) mass is 326 g/mol. The zero-order valence-corrected chi connectivity index (χ0v) is 11.2. The summed E-state index contributed by atoms with van der Waals surface area (Å²) in [5.41, 5.74) is 0.768. The van der Waals surface area contributed by atoms with Crippen LogP contribution in [-0.2, 0) is 11.2 Å². The first kappa shape index (κ1) is 15.5. The van der Waals surface area contributed by atoms with Gasteiger partial charge in [-0.15, -0.1) is 0 Å². The number of hydrogen-bond acceptors (Lipinski definition) is 2. The Morgan fingerprint density at radius 3 is 2.67 bits per heavy atom. The third kappa shape index (κ3) is 5.84. The van der Waals surface area contributed by atoms with Gasteiger partial charge in [-0.1, -0.05) is 6.07 Å². The highest BCUT2D eigenvalue weighted by atomic mass is 79.9. The van der Waals surface area contributed by atoms with Crippen molar-refractivity contribution < 1.29 is 23.0 Å². The van der Waals surface area contributed by atoms with Crippen LogP contribution in [0.25, 0.3) is 0 Å². The van der Waals surface area contributed by atoms with Crippen LogP contribution >= 0.6 is 15.9 Å². The van der Waals surface area contributed by atoms with Crippen LogP contribution in [0.2, 0.25) is 0 Å². The van der Waals surface area contributed by atoms with E-state index < -0.39 is 19.1 Å². The molecule has 0 aliphatic rings. The van der Waals surface area contributed by atoms with Gasteiger partial charge < -0.3 is 9.84 Å². The third-order valence-corrected chi connectivity index (χ3v) is 2.90. The van der Waals surface area contributed by atoms with E-state index in [2.05, 4.69) is 20.7 Å². The molecule has 102 valence electrons. The number of benzene rings is 1. The summed E-state index contributed by atoms with van der Waals surface area (Å²) in [6.07, 6.45) is -2.59. The Morgan fingerprint density at radius 2 is 2.06 bits per heavy atom. The highest BCUT2D eigenvalue weighted by Crippen LogP contribution is 2.18. The van der Waals surface area contributed by atoms with Gasteiger partial charge in [-0.3, -0.25) is 0 Å². The van der Waals surface area contributed by atoms with E-state index in [0.717, 1.165) is 5.56 Å². The Hall–Kier alpha value is -0.590. The summed E-state index contributed by atoms with van der Waals surface area (Å²) >= 11 is 3.05. The molecule has 0 heterocycles. The van der Waals surface area contributed by atoms with Gasteiger partial charge in [-0.25, -0.2) is 13.2 Å². The van der Waals surface area contributed by atoms with Crippen molar-refractivity contribution in [3.63, 3.8) is 0 Å². The Bertz CT molecular complexity index is 374. The molecule has 1 rings (SSSR count). The minimum atomic E-state index is -2.49. The minimum Gasteiger partial charge on any atom is -0.393 e. The lowest BCUT2D eigenvalue weighted by atomic mass is 10.1. The predicted octanol–water partition coefficient (Wildman–Crippen LogP) is 3.16. The van der Waals surface area contributed by atoms with Gasteiger partial charge in [0.2, 0.25) is 0 Å². The van der Waals surface area contributed by atoms with Crippen LogP contribution in [0.5, 0.6) is 0 Å². The summed E-state index contributed by atoms with van der Waals surface area (Å²) < 4.78 is 41.5. The van der Waals surface area contributed by atoms with Crippen LogP contribution in [0.1, 0.15) is 12.0 Å². The van der Waals surface area contributed by atoms with E-state index in [9.17, 15) is 18.3 Å². The Kier molecular flexibility index (Phi) is 6.67. The molecule has 1 aromatic carbocycles. The average Bonchev–Trinajstić information content (AvgIpc) is 2.29. The number of rotatable bonds is 7. The summed E-state index contributed by atoms with van der Waals surface area (Å²) in [5, 5.41) is 9.65. The Balaban J connectivity index is 2.31. The maximum absolute atomic E-state index is 13.0. The second-order valence-corrected chi connectivity index (χ2v) is 4.72. The molecule has 0 saturated carbocycles. The molecule has 2 nitrogen and oxygen atoms in total. The maximum Gasteiger partial charge on any atom is 0.261 e. The van der Waals surface area contributed by atoms with Crippen LogP contribution in [-0.4, -0.2) is 30.8 Å². The largest absolute Gasteiger partial charge is 0.393 e. The second-order valence-electron chi connectivity index (χ2n) is 3.86. The summed E-state index contributed by atoms with van der Waals surface area (Å²) in [7, 11) is 0. The second kappa shape index (κ2) is 7.76. The first-order chi connectivity index (χ1) is 8.49. The molecule has 0 amide bonds. The van der Waals surface area contributed by atoms with Crippen LogP contribution in [0, 0.1) is 5.82 Å². The van der Waals surface area contributed by atoms with E-state index >= 15 is 0 Å². The van der Waals surface area contributed by atoms with Crippen molar-refractivity contribution in [2.75, 3.05) is 13.2 Å². The molecule has 18 heavy (non-hydrogen) atoms. The normalized spacial score (nSPS) is 13.0. The lowest BCUT2D eigenvalue weighted by Gasteiger charge is -2.11. The minimum absolute atomic E-state index is 0.0773. The fraction of sp³-hybridized carbons (Fsp3) is 0.500. The van der Waals surface area contributed by atoms with Gasteiger partial charge in [0.05, 0.1) is 10.6 Å². The third-order valence-electron chi connectivity index (χ3n) is 2.29. The van der Waals surface area contributed by atoms with Gasteiger partial charge in [0.15, 0.2) is 0 Å². The van der Waals surface area contributed by atoms with E-state index in [-0.39, 0.29) is 18.8 Å². The predicted molar refractivity (Wildman–Crippen MR) is 65.3 cm³/mol. The van der Waals surface area contributed by atoms with Crippen LogP contribution < -0.4 is 0 Å². The van der Waals surface area contributed by atoms with Crippen LogP contribution in [0.4, 0.5) is 13.2 Å². The van der Waals surface area contributed by atoms with Crippen molar-refractivity contribution in [1.82, 2.24) is 0 Å². The van der Waals surface area contributed by atoms with Gasteiger partial charge in [0.1, 0.15) is 12.4 Å². The van der Waals surface area contributed by atoms with E-state index in [1.54, 1.807) is 12.1 Å². The molecule has 0 aromatic heterocycles. The Labute approximate surface area is 112 Å². The van der Waals surface area contributed by atoms with E-state index in [0.29, 0.717) is 10.9 Å². The lowest BCUT2D eigenvalue weighted by Crippen LogP contribution is -2.15. The summed E-state index contributed by atoms with van der Waals surface area (Å²) in [5.74, 6) is -0.367. The standard InChI is InChI=1S/C12H14BrF3O2/c13-10-6-8(1-2-11(10)14)5-9(17)3-4-18-7-12(15)16/h1-2,6,9,12,17H,3-5,7H2. The van der Waals surface area contributed by atoms with Gasteiger partial charge in [-0.2, -0.15) is 0 Å². The fourth-order valence-electron chi connectivity index (χ4n) is 1.43. The van der Waals surface area contributed by atoms with E-state index in [1.165, 1.54) is 6.07 Å². The fourth-order valence-corrected chi connectivity index (χ4v) is 1.86. The number of halogens is 4. The van der Waals surface area contributed by atoms with Gasteiger partial charge >= 0.3 is 0 Å². The first-order valence-electron chi connectivity index (χ1n) is 5.47. The molecular weight excluding hydrogens is 313 g/mol. The molecule has 6 heteroatoms. The quantitative estimate of drug-likeness (QED) is 0.780. The molecule has 0 aliphatic carbocycles. The molecule has 0 radical (unpaired) electrons. The number of aliphatic hydroxyl groups excluding tert-OH is 1. The number of ether oxygens (including phenoxy) is 1. The molecule has 1 N–H and O–H groups in total. The van der Waals surface area contributed by atoms with E-state index in [4.69, 9.17) is 0 Å². The SMILES string of the molecule is OC(CCOCC(F)F)Cc1ccc(F)c(Br)c1. The van der Waals surface area contributed by atoms with Crippen molar-refractivity contribution in [3.8, 4) is 0 Å². The topological polar surface area (TPSA) is 29.5 Å². The summed E-state index contributed by atoms with van der Waals surface area (Å²) in [6.45, 7) is -0.539. The molecule has 0 spiro atoms. The molecule has 0 fully saturated rings. The van der Waals surface area contributed by atoms with Gasteiger partial charge in [0.25, 0.3) is 6.43 Å². The lowest BCUT2D eigenvalue weighted by molar-refractivity contribution is 0.00512. The molecule has 0 bridgehead atoms. The molecule has 0 aliphatic heterocycles. The molecule has 1 aromatic rings. The molecular formula is C12H14BrF3O2. The van der Waals surface area contributed by atoms with Crippen molar-refractivity contribution in [3.05, 3.63) is 34.1 Å². The summed E-state index contributed by atoms with van der Waals surface area (Å²) in [4.78, 5) is 0. The Morgan fingerprint density at radius 1 is 1.33 bits per heavy atom. The van der Waals surface area contributed by atoms with E-state index in [1.807, 2.05) is 0 Å². The average molecular weight is 327 g/mol. The number of alkyl halides is 2. The van der Waals surface area contributed by atoms with Crippen LogP contribution in [0.15, 0.2) is 22.7 Å². The van der Waals surface area contributed by atoms with Crippen molar-refractivity contribution in [2.24, 2.45) is 0 Å². The van der Waals surface area contributed by atoms with Gasteiger partial charge in [0, 0.05) is 6.61 Å². The van der Waals surface area contributed by atoms with Gasteiger partial charge in [-0.05, 0) is 46.5 Å². The highest BCUT2D eigenvalue weighted by Gasteiger charge is 2.09. The van der Waals surface area contributed by atoms with Crippen molar-refractivity contribution in [2.45, 2.75) is 25.4 Å². The molecule has 1 atom stereocenters. The first-order valence-corrected chi connectivity index (χ1v) is 6.26. The zero-order valence-electron chi connectivity index (χ0n) is 9.58.